The van der Waals surface area contributed by atoms with E-state index >= 15 is 0 Å². The number of amides is 1. The minimum atomic E-state index is -0.835. The molecule has 0 heterocycles. The number of aliphatic hydroxyl groups excluding tert-OH is 2. The molecule has 4 nitrogen and oxygen atoms in total. The van der Waals surface area contributed by atoms with Gasteiger partial charge in [0.1, 0.15) is 0 Å². The average molecular weight is 788 g/mol. The fraction of sp³-hybridized carbons (Fsp3) is 0.904. The van der Waals surface area contributed by atoms with E-state index in [0.717, 1.165) is 25.7 Å². The Bertz CT molecular complexity index is 810. The Morgan fingerprint density at radius 2 is 0.679 bits per heavy atom. The van der Waals surface area contributed by atoms with E-state index in [0.29, 0.717) is 6.42 Å². The zero-order valence-electron chi connectivity index (χ0n) is 38.2. The molecule has 0 bridgehead atoms. The number of carbonyl (C=O) groups is 1. The van der Waals surface area contributed by atoms with Crippen molar-refractivity contribution in [2.75, 3.05) is 6.61 Å². The average Bonchev–Trinajstić information content (AvgIpc) is 3.20. The number of hydrogen-bond donors (Lipinski definition) is 3. The lowest BCUT2D eigenvalue weighted by Crippen LogP contribution is -2.45. The summed E-state index contributed by atoms with van der Waals surface area (Å²) in [7, 11) is 0. The maximum Gasteiger partial charge on any atom is 0.220 e. The summed E-state index contributed by atoms with van der Waals surface area (Å²) in [6, 6.07) is -0.618. The van der Waals surface area contributed by atoms with Crippen LogP contribution in [-0.2, 0) is 4.79 Å². The second-order valence-electron chi connectivity index (χ2n) is 17.6. The standard InChI is InChI=1S/C52H101NO3/c1-3-5-7-9-11-13-15-17-18-19-20-21-22-23-24-25-26-27-28-29-30-31-32-33-34-35-36-38-40-42-44-46-48-52(56)53-50(49-54)51(55)47-45-43-41-39-37-16-14-12-10-8-6-4-2/h23-24,45,47,50-51,54-55H,3-22,25-44,46,48-49H2,1-2H3,(H,53,56)/b24-23-,47-45+. The Morgan fingerprint density at radius 3 is 0.982 bits per heavy atom. The monoisotopic (exact) mass is 788 g/mol. The molecule has 0 aliphatic heterocycles. The third-order valence-corrected chi connectivity index (χ3v) is 11.9. The van der Waals surface area contributed by atoms with Gasteiger partial charge in [0.25, 0.3) is 0 Å². The summed E-state index contributed by atoms with van der Waals surface area (Å²) in [5.74, 6) is -0.0609. The van der Waals surface area contributed by atoms with E-state index in [4.69, 9.17) is 0 Å². The van der Waals surface area contributed by atoms with Gasteiger partial charge in [-0.25, -0.2) is 0 Å². The fourth-order valence-corrected chi connectivity index (χ4v) is 8.00. The van der Waals surface area contributed by atoms with Crippen molar-refractivity contribution in [2.45, 2.75) is 296 Å². The second kappa shape index (κ2) is 48.2. The molecule has 4 heteroatoms. The van der Waals surface area contributed by atoms with Crippen LogP contribution in [0.4, 0.5) is 0 Å². The lowest BCUT2D eigenvalue weighted by Gasteiger charge is -2.20. The molecular weight excluding hydrogens is 687 g/mol. The first-order valence-corrected chi connectivity index (χ1v) is 25.6. The van der Waals surface area contributed by atoms with Crippen LogP contribution in [0.3, 0.4) is 0 Å². The summed E-state index contributed by atoms with van der Waals surface area (Å²) in [4.78, 5) is 12.4. The molecule has 3 N–H and O–H groups in total. The minimum absolute atomic E-state index is 0.0609. The molecule has 2 unspecified atom stereocenters. The largest absolute Gasteiger partial charge is 0.394 e. The molecule has 0 saturated carbocycles. The van der Waals surface area contributed by atoms with Gasteiger partial charge >= 0.3 is 0 Å². The van der Waals surface area contributed by atoms with Gasteiger partial charge in [0.15, 0.2) is 0 Å². The Labute approximate surface area is 351 Å². The Hall–Kier alpha value is -1.13. The van der Waals surface area contributed by atoms with Crippen LogP contribution in [0.25, 0.3) is 0 Å². The van der Waals surface area contributed by atoms with Crippen molar-refractivity contribution in [3.8, 4) is 0 Å². The molecule has 2 atom stereocenters. The predicted molar refractivity (Wildman–Crippen MR) is 249 cm³/mol. The molecule has 0 spiro atoms. The zero-order chi connectivity index (χ0) is 40.7. The van der Waals surface area contributed by atoms with Gasteiger partial charge in [0.2, 0.25) is 5.91 Å². The molecule has 0 aromatic carbocycles. The summed E-state index contributed by atoms with van der Waals surface area (Å²) >= 11 is 0. The van der Waals surface area contributed by atoms with E-state index in [1.54, 1.807) is 6.08 Å². The normalized spacial score (nSPS) is 13.0. The third kappa shape index (κ3) is 44.0. The number of nitrogens with one attached hydrogen (secondary N) is 1. The van der Waals surface area contributed by atoms with Crippen molar-refractivity contribution in [3.05, 3.63) is 24.3 Å². The van der Waals surface area contributed by atoms with Crippen molar-refractivity contribution < 1.29 is 15.0 Å². The molecule has 0 fully saturated rings. The van der Waals surface area contributed by atoms with E-state index in [1.807, 2.05) is 6.08 Å². The molecule has 0 aromatic heterocycles. The number of carbonyl (C=O) groups excluding carboxylic acids is 1. The number of aliphatic hydroxyl groups is 2. The van der Waals surface area contributed by atoms with Gasteiger partial charge < -0.3 is 15.5 Å². The van der Waals surface area contributed by atoms with Gasteiger partial charge in [-0.2, -0.15) is 0 Å². The zero-order valence-corrected chi connectivity index (χ0v) is 38.2. The van der Waals surface area contributed by atoms with Crippen LogP contribution in [0.2, 0.25) is 0 Å². The van der Waals surface area contributed by atoms with Crippen molar-refractivity contribution in [3.63, 3.8) is 0 Å². The molecule has 332 valence electrons. The van der Waals surface area contributed by atoms with E-state index in [-0.39, 0.29) is 12.5 Å². The van der Waals surface area contributed by atoms with Crippen molar-refractivity contribution >= 4 is 5.91 Å². The van der Waals surface area contributed by atoms with Crippen LogP contribution in [0.5, 0.6) is 0 Å². The maximum atomic E-state index is 12.4. The van der Waals surface area contributed by atoms with Gasteiger partial charge in [0, 0.05) is 6.42 Å². The number of unbranched alkanes of at least 4 members (excludes halogenated alkanes) is 38. The molecule has 0 radical (unpaired) electrons. The molecule has 0 saturated heterocycles. The van der Waals surface area contributed by atoms with Crippen LogP contribution >= 0.6 is 0 Å². The number of hydrogen-bond acceptors (Lipinski definition) is 3. The minimum Gasteiger partial charge on any atom is -0.394 e. The SMILES string of the molecule is CCCCCCCCCCCC/C=C/C(O)C(CO)NC(=O)CCCCCCCCCCCCCCCCCC/C=C\CCCCCCCCCCCCCC. The highest BCUT2D eigenvalue weighted by Crippen LogP contribution is 2.16. The molecule has 0 aliphatic rings. The molecule has 0 rings (SSSR count). The maximum absolute atomic E-state index is 12.4. The highest BCUT2D eigenvalue weighted by Gasteiger charge is 2.18. The fourth-order valence-electron chi connectivity index (χ4n) is 8.00. The van der Waals surface area contributed by atoms with Crippen molar-refractivity contribution in [1.82, 2.24) is 5.32 Å². The van der Waals surface area contributed by atoms with Crippen LogP contribution in [0.15, 0.2) is 24.3 Å². The highest BCUT2D eigenvalue weighted by molar-refractivity contribution is 5.76. The summed E-state index contributed by atoms with van der Waals surface area (Å²) in [6.45, 7) is 4.32. The number of rotatable bonds is 47. The molecule has 0 aliphatic carbocycles. The summed E-state index contributed by atoms with van der Waals surface area (Å²) in [5, 5.41) is 23.0. The van der Waals surface area contributed by atoms with Crippen LogP contribution in [0, 0.1) is 0 Å². The van der Waals surface area contributed by atoms with Crippen LogP contribution in [-0.4, -0.2) is 34.9 Å². The van der Waals surface area contributed by atoms with Gasteiger partial charge in [0.05, 0.1) is 18.8 Å². The summed E-state index contributed by atoms with van der Waals surface area (Å²) < 4.78 is 0. The first-order valence-electron chi connectivity index (χ1n) is 25.6. The Morgan fingerprint density at radius 1 is 0.411 bits per heavy atom. The number of allylic oxidation sites excluding steroid dienone is 3. The first-order chi connectivity index (χ1) is 27.7. The second-order valence-corrected chi connectivity index (χ2v) is 17.6. The third-order valence-electron chi connectivity index (χ3n) is 11.9. The highest BCUT2D eigenvalue weighted by atomic mass is 16.3. The van der Waals surface area contributed by atoms with Crippen molar-refractivity contribution in [2.24, 2.45) is 0 Å². The lowest BCUT2D eigenvalue weighted by molar-refractivity contribution is -0.123. The van der Waals surface area contributed by atoms with E-state index < -0.39 is 12.1 Å². The smallest absolute Gasteiger partial charge is 0.220 e. The van der Waals surface area contributed by atoms with Gasteiger partial charge in [-0.3, -0.25) is 4.79 Å². The molecule has 56 heavy (non-hydrogen) atoms. The van der Waals surface area contributed by atoms with Gasteiger partial charge in [-0.05, 0) is 44.9 Å². The summed E-state index contributed by atoms with van der Waals surface area (Å²) in [5.41, 5.74) is 0. The van der Waals surface area contributed by atoms with Crippen molar-refractivity contribution in [1.29, 1.82) is 0 Å². The van der Waals surface area contributed by atoms with Crippen LogP contribution in [0.1, 0.15) is 284 Å². The Balaban J connectivity index is 3.41. The van der Waals surface area contributed by atoms with Gasteiger partial charge in [-0.15, -0.1) is 0 Å². The summed E-state index contributed by atoms with van der Waals surface area (Å²) in [6.07, 6.45) is 63.3. The van der Waals surface area contributed by atoms with Gasteiger partial charge in [-0.1, -0.05) is 256 Å². The Kier molecular flexibility index (Phi) is 47.3. The predicted octanol–water partition coefficient (Wildman–Crippen LogP) is 16.4. The first kappa shape index (κ1) is 54.9. The van der Waals surface area contributed by atoms with Crippen LogP contribution < -0.4 is 5.32 Å². The lowest BCUT2D eigenvalue weighted by atomic mass is 10.0. The molecule has 0 aromatic rings. The topological polar surface area (TPSA) is 69.6 Å². The molecule has 1 amide bonds. The van der Waals surface area contributed by atoms with E-state index in [2.05, 4.69) is 31.3 Å². The van der Waals surface area contributed by atoms with E-state index in [9.17, 15) is 15.0 Å². The quantitative estimate of drug-likeness (QED) is 0.0425. The molecular formula is C52H101NO3. The van der Waals surface area contributed by atoms with E-state index in [1.165, 1.54) is 238 Å².